The summed E-state index contributed by atoms with van der Waals surface area (Å²) in [6.07, 6.45) is 5.37. The minimum atomic E-state index is -0.210. The molecule has 0 saturated carbocycles. The fourth-order valence-electron chi connectivity index (χ4n) is 2.55. The van der Waals surface area contributed by atoms with Crippen LogP contribution < -0.4 is 0 Å². The zero-order valence-electron chi connectivity index (χ0n) is 11.5. The molecule has 17 heavy (non-hydrogen) atoms. The largest absolute Gasteiger partial charge is 0.466 e. The molecule has 4 heteroatoms. The molecule has 0 bridgehead atoms. The van der Waals surface area contributed by atoms with E-state index in [1.807, 2.05) is 6.92 Å². The minimum absolute atomic E-state index is 0.132. The minimum Gasteiger partial charge on any atom is -0.466 e. The molecule has 0 amide bonds. The third-order valence-corrected chi connectivity index (χ3v) is 4.94. The van der Waals surface area contributed by atoms with E-state index in [2.05, 4.69) is 6.92 Å². The molecule has 1 saturated heterocycles. The third kappa shape index (κ3) is 3.42. The number of ether oxygens (including phenoxy) is 2. The maximum absolute atomic E-state index is 11.7. The lowest BCUT2D eigenvalue weighted by atomic mass is 9.93. The summed E-state index contributed by atoms with van der Waals surface area (Å²) in [5, 5.41) is -0.132. The van der Waals surface area contributed by atoms with E-state index in [9.17, 15) is 4.79 Å². The Morgan fingerprint density at radius 1 is 1.47 bits per heavy atom. The molecule has 1 aliphatic heterocycles. The van der Waals surface area contributed by atoms with Gasteiger partial charge in [0.15, 0.2) is 0 Å². The van der Waals surface area contributed by atoms with Gasteiger partial charge in [-0.05, 0) is 38.2 Å². The molecule has 1 fully saturated rings. The standard InChI is InChI=1S/C13H24O3Si/c1-4-7-11(10(2)12(14)15-3)13(17)8-5-6-9-16-13/h4-9H2,1-3,17H3. The van der Waals surface area contributed by atoms with Crippen LogP contribution in [-0.2, 0) is 14.3 Å². The first-order valence-electron chi connectivity index (χ1n) is 6.47. The average molecular weight is 256 g/mol. The predicted molar refractivity (Wildman–Crippen MR) is 72.1 cm³/mol. The molecule has 0 aliphatic carbocycles. The van der Waals surface area contributed by atoms with Crippen molar-refractivity contribution in [3.8, 4) is 0 Å². The molecule has 0 aromatic rings. The Kier molecular flexibility index (Phi) is 5.40. The van der Waals surface area contributed by atoms with Gasteiger partial charge in [0.25, 0.3) is 0 Å². The van der Waals surface area contributed by atoms with Crippen LogP contribution in [0.25, 0.3) is 0 Å². The van der Waals surface area contributed by atoms with Gasteiger partial charge in [0, 0.05) is 22.4 Å². The quantitative estimate of drug-likeness (QED) is 0.435. The van der Waals surface area contributed by atoms with Gasteiger partial charge in [0.2, 0.25) is 0 Å². The van der Waals surface area contributed by atoms with Crippen LogP contribution in [0.3, 0.4) is 0 Å². The van der Waals surface area contributed by atoms with E-state index in [4.69, 9.17) is 9.47 Å². The summed E-state index contributed by atoms with van der Waals surface area (Å²) in [5.41, 5.74) is 1.93. The lowest BCUT2D eigenvalue weighted by molar-refractivity contribution is -0.136. The van der Waals surface area contributed by atoms with E-state index in [0.29, 0.717) is 0 Å². The van der Waals surface area contributed by atoms with Crippen molar-refractivity contribution in [2.45, 2.75) is 51.2 Å². The van der Waals surface area contributed by atoms with Crippen LogP contribution in [0.1, 0.15) is 46.0 Å². The molecule has 0 spiro atoms. The molecular formula is C13H24O3Si. The number of esters is 1. The monoisotopic (exact) mass is 256 g/mol. The van der Waals surface area contributed by atoms with Crippen molar-refractivity contribution in [1.29, 1.82) is 0 Å². The highest BCUT2D eigenvalue weighted by atomic mass is 28.1. The maximum atomic E-state index is 11.7. The van der Waals surface area contributed by atoms with Crippen LogP contribution in [0.4, 0.5) is 0 Å². The molecule has 98 valence electrons. The van der Waals surface area contributed by atoms with E-state index in [1.165, 1.54) is 19.1 Å². The first-order chi connectivity index (χ1) is 8.05. The van der Waals surface area contributed by atoms with Crippen molar-refractivity contribution in [3.63, 3.8) is 0 Å². The number of hydrogen-bond acceptors (Lipinski definition) is 3. The van der Waals surface area contributed by atoms with Crippen LogP contribution in [-0.4, -0.2) is 35.2 Å². The topological polar surface area (TPSA) is 35.5 Å². The van der Waals surface area contributed by atoms with Gasteiger partial charge in [-0.25, -0.2) is 4.79 Å². The SMILES string of the molecule is CCCC(=C(C)C(=O)OC)C1([SiH3])CCCCO1. The van der Waals surface area contributed by atoms with E-state index in [1.54, 1.807) is 0 Å². The maximum Gasteiger partial charge on any atom is 0.333 e. The molecule has 1 unspecified atom stereocenters. The zero-order valence-corrected chi connectivity index (χ0v) is 13.5. The Morgan fingerprint density at radius 3 is 2.65 bits per heavy atom. The summed E-state index contributed by atoms with van der Waals surface area (Å²) < 4.78 is 10.8. The lowest BCUT2D eigenvalue weighted by Crippen LogP contribution is -2.40. The molecule has 1 atom stereocenters. The molecule has 1 heterocycles. The van der Waals surface area contributed by atoms with Crippen LogP contribution in [0.2, 0.25) is 0 Å². The summed E-state index contributed by atoms with van der Waals surface area (Å²) in [6, 6.07) is 0. The van der Waals surface area contributed by atoms with Gasteiger partial charge in [-0.1, -0.05) is 13.3 Å². The first kappa shape index (κ1) is 14.4. The van der Waals surface area contributed by atoms with Crippen molar-refractivity contribution in [2.24, 2.45) is 0 Å². The molecule has 0 aromatic heterocycles. The van der Waals surface area contributed by atoms with Crippen molar-refractivity contribution in [2.75, 3.05) is 13.7 Å². The third-order valence-electron chi connectivity index (χ3n) is 3.55. The van der Waals surface area contributed by atoms with Crippen molar-refractivity contribution in [3.05, 3.63) is 11.1 Å². The first-order valence-corrected chi connectivity index (χ1v) is 7.47. The predicted octanol–water partition coefficient (Wildman–Crippen LogP) is 1.54. The van der Waals surface area contributed by atoms with Crippen molar-refractivity contribution >= 4 is 16.2 Å². The van der Waals surface area contributed by atoms with Gasteiger partial charge in [0.1, 0.15) is 0 Å². The highest BCUT2D eigenvalue weighted by Crippen LogP contribution is 2.33. The van der Waals surface area contributed by atoms with Crippen LogP contribution in [0, 0.1) is 0 Å². The smallest absolute Gasteiger partial charge is 0.333 e. The average Bonchev–Trinajstić information content (AvgIpc) is 2.35. The molecule has 3 nitrogen and oxygen atoms in total. The Hall–Kier alpha value is -0.613. The zero-order chi connectivity index (χ0) is 12.9. The highest BCUT2D eigenvalue weighted by molar-refractivity contribution is 6.17. The van der Waals surface area contributed by atoms with Crippen LogP contribution in [0.15, 0.2) is 11.1 Å². The van der Waals surface area contributed by atoms with E-state index in [-0.39, 0.29) is 11.2 Å². The van der Waals surface area contributed by atoms with Gasteiger partial charge >= 0.3 is 5.97 Å². The molecular weight excluding hydrogens is 232 g/mol. The summed E-state index contributed by atoms with van der Waals surface area (Å²) in [4.78, 5) is 11.7. The normalized spacial score (nSPS) is 26.5. The van der Waals surface area contributed by atoms with Gasteiger partial charge in [0.05, 0.1) is 12.3 Å². The van der Waals surface area contributed by atoms with Gasteiger partial charge in [-0.2, -0.15) is 0 Å². The number of hydrogen-bond donors (Lipinski definition) is 0. The van der Waals surface area contributed by atoms with Gasteiger partial charge < -0.3 is 9.47 Å². The van der Waals surface area contributed by atoms with Crippen LogP contribution >= 0.6 is 0 Å². The summed E-state index contributed by atoms with van der Waals surface area (Å²) in [7, 11) is 2.38. The fraction of sp³-hybridized carbons (Fsp3) is 0.769. The Labute approximate surface area is 107 Å². The number of carbonyl (C=O) groups is 1. The Bertz CT molecular complexity index is 304. The van der Waals surface area contributed by atoms with Crippen molar-refractivity contribution in [1.82, 2.24) is 0 Å². The van der Waals surface area contributed by atoms with Gasteiger partial charge in [-0.3, -0.25) is 0 Å². The second kappa shape index (κ2) is 6.35. The number of rotatable bonds is 4. The summed E-state index contributed by atoms with van der Waals surface area (Å²) in [6.45, 7) is 4.83. The molecule has 0 N–H and O–H groups in total. The second-order valence-electron chi connectivity index (χ2n) is 4.88. The van der Waals surface area contributed by atoms with Crippen LogP contribution in [0.5, 0.6) is 0 Å². The Morgan fingerprint density at radius 2 is 2.18 bits per heavy atom. The fourth-order valence-corrected chi connectivity index (χ4v) is 3.73. The summed E-state index contributed by atoms with van der Waals surface area (Å²) >= 11 is 0. The molecule has 0 aromatic carbocycles. The summed E-state index contributed by atoms with van der Waals surface area (Å²) in [5.74, 6) is -0.210. The number of carbonyl (C=O) groups excluding carboxylic acids is 1. The second-order valence-corrected chi connectivity index (χ2v) is 6.50. The Balaban J connectivity index is 3.02. The molecule has 1 aliphatic rings. The van der Waals surface area contributed by atoms with Crippen molar-refractivity contribution < 1.29 is 14.3 Å². The van der Waals surface area contributed by atoms with E-state index >= 15 is 0 Å². The van der Waals surface area contributed by atoms with E-state index in [0.717, 1.165) is 48.1 Å². The molecule has 0 radical (unpaired) electrons. The van der Waals surface area contributed by atoms with E-state index < -0.39 is 0 Å². The van der Waals surface area contributed by atoms with Gasteiger partial charge in [-0.15, -0.1) is 0 Å². The molecule has 1 rings (SSSR count). The highest BCUT2D eigenvalue weighted by Gasteiger charge is 2.33. The number of methoxy groups -OCH3 is 1. The lowest BCUT2D eigenvalue weighted by Gasteiger charge is -2.37.